The van der Waals surface area contributed by atoms with Gasteiger partial charge in [0.25, 0.3) is 5.56 Å². The van der Waals surface area contributed by atoms with Crippen LogP contribution >= 0.6 is 0 Å². The van der Waals surface area contributed by atoms with E-state index in [-0.39, 0.29) is 12.1 Å². The number of hydrogen-bond donors (Lipinski definition) is 0. The second-order valence-corrected chi connectivity index (χ2v) is 6.31. The fraction of sp³-hybridized carbons (Fsp3) is 0.500. The molecule has 2 aromatic heterocycles. The molecule has 0 saturated heterocycles. The minimum Gasteiger partial charge on any atom is -0.383 e. The Labute approximate surface area is 144 Å². The molecule has 2 aromatic rings. The molecule has 0 aliphatic carbocycles. The number of imidazole rings is 1. The van der Waals surface area contributed by atoms with Gasteiger partial charge in [-0.15, -0.1) is 0 Å². The summed E-state index contributed by atoms with van der Waals surface area (Å²) in [4.78, 5) is 30.0. The van der Waals surface area contributed by atoms with E-state index in [1.165, 1.54) is 9.13 Å². The number of hydrogen-bond acceptors (Lipinski definition) is 6. The lowest BCUT2D eigenvalue weighted by molar-refractivity contribution is 0.205. The molecular formula is C16H22N6O3. The van der Waals surface area contributed by atoms with Crippen molar-refractivity contribution in [3.63, 3.8) is 0 Å². The predicted molar refractivity (Wildman–Crippen MR) is 96.4 cm³/mol. The van der Waals surface area contributed by atoms with Gasteiger partial charge in [-0.1, -0.05) is 12.2 Å². The van der Waals surface area contributed by atoms with Crippen molar-refractivity contribution in [2.75, 3.05) is 25.3 Å². The highest BCUT2D eigenvalue weighted by atomic mass is 16.5. The van der Waals surface area contributed by atoms with Crippen LogP contribution in [0.2, 0.25) is 0 Å². The van der Waals surface area contributed by atoms with Gasteiger partial charge in [0.05, 0.1) is 32.0 Å². The van der Waals surface area contributed by atoms with Crippen LogP contribution in [-0.4, -0.2) is 44.7 Å². The van der Waals surface area contributed by atoms with Gasteiger partial charge in [-0.3, -0.25) is 18.5 Å². The molecule has 25 heavy (non-hydrogen) atoms. The lowest BCUT2D eigenvalue weighted by Crippen LogP contribution is -2.40. The second kappa shape index (κ2) is 6.32. The van der Waals surface area contributed by atoms with E-state index in [9.17, 15) is 9.59 Å². The third-order valence-electron chi connectivity index (χ3n) is 4.06. The Morgan fingerprint density at radius 1 is 1.36 bits per heavy atom. The average molecular weight is 346 g/mol. The van der Waals surface area contributed by atoms with E-state index < -0.39 is 5.69 Å². The minimum atomic E-state index is -0.406. The number of aryl methyl sites for hydroxylation is 1. The van der Waals surface area contributed by atoms with Gasteiger partial charge in [-0.25, -0.2) is 9.80 Å². The highest BCUT2D eigenvalue weighted by Gasteiger charge is 2.26. The number of fused-ring (bicyclic) bond motifs is 3. The van der Waals surface area contributed by atoms with Gasteiger partial charge in [-0.2, -0.15) is 10.1 Å². The molecule has 1 aliphatic heterocycles. The van der Waals surface area contributed by atoms with Crippen molar-refractivity contribution in [1.82, 2.24) is 18.7 Å². The number of ether oxygens (including phenoxy) is 1. The molecular weight excluding hydrogens is 324 g/mol. The van der Waals surface area contributed by atoms with Crippen LogP contribution in [0.15, 0.2) is 26.8 Å². The van der Waals surface area contributed by atoms with Crippen molar-refractivity contribution in [2.45, 2.75) is 26.9 Å². The van der Waals surface area contributed by atoms with E-state index in [0.29, 0.717) is 36.8 Å². The lowest BCUT2D eigenvalue weighted by atomic mass is 10.3. The molecule has 9 nitrogen and oxygen atoms in total. The maximum absolute atomic E-state index is 13.0. The summed E-state index contributed by atoms with van der Waals surface area (Å²) in [5, 5.41) is 6.19. The molecule has 0 fully saturated rings. The van der Waals surface area contributed by atoms with Gasteiger partial charge >= 0.3 is 5.69 Å². The molecule has 1 aliphatic rings. The molecule has 0 spiro atoms. The molecule has 0 radical (unpaired) electrons. The van der Waals surface area contributed by atoms with Crippen LogP contribution in [0.3, 0.4) is 0 Å². The number of hydrazone groups is 1. The zero-order valence-electron chi connectivity index (χ0n) is 14.9. The zero-order chi connectivity index (χ0) is 18.3. The van der Waals surface area contributed by atoms with E-state index >= 15 is 0 Å². The van der Waals surface area contributed by atoms with Gasteiger partial charge in [0, 0.05) is 14.2 Å². The number of allylic oxidation sites excluding steroid dienone is 1. The maximum Gasteiger partial charge on any atom is 0.332 e. The normalized spacial score (nSPS) is 13.9. The third kappa shape index (κ3) is 2.80. The van der Waals surface area contributed by atoms with Gasteiger partial charge in [-0.05, 0) is 13.8 Å². The molecule has 0 N–H and O–H groups in total. The Balaban J connectivity index is 2.28. The van der Waals surface area contributed by atoms with Crippen LogP contribution in [0.4, 0.5) is 5.95 Å². The molecule has 0 amide bonds. The van der Waals surface area contributed by atoms with Crippen LogP contribution in [0.5, 0.6) is 0 Å². The van der Waals surface area contributed by atoms with Crippen molar-refractivity contribution in [1.29, 1.82) is 0 Å². The number of nitrogens with zero attached hydrogens (tertiary/aromatic N) is 6. The predicted octanol–water partition coefficient (Wildman–Crippen LogP) is 0.315. The Kier molecular flexibility index (Phi) is 4.34. The van der Waals surface area contributed by atoms with Crippen molar-refractivity contribution in [2.24, 2.45) is 12.1 Å². The molecule has 0 unspecified atom stereocenters. The van der Waals surface area contributed by atoms with E-state index in [1.54, 1.807) is 26.1 Å². The molecule has 3 rings (SSSR count). The number of rotatable bonds is 5. The molecule has 0 atom stereocenters. The summed E-state index contributed by atoms with van der Waals surface area (Å²) in [7, 11) is 3.23. The first-order valence-corrected chi connectivity index (χ1v) is 8.00. The number of methoxy groups -OCH3 is 1. The monoisotopic (exact) mass is 346 g/mol. The summed E-state index contributed by atoms with van der Waals surface area (Å²) < 4.78 is 9.52. The SMILES string of the molecule is C=C(C)Cn1c(=O)c2c(nc3n2CC(C)=NN3CCOC)n(C)c1=O. The Morgan fingerprint density at radius 3 is 2.72 bits per heavy atom. The second-order valence-electron chi connectivity index (χ2n) is 6.31. The van der Waals surface area contributed by atoms with E-state index in [2.05, 4.69) is 16.7 Å². The molecule has 0 aromatic carbocycles. The molecule has 0 saturated carbocycles. The fourth-order valence-electron chi connectivity index (χ4n) is 2.96. The van der Waals surface area contributed by atoms with Crippen LogP contribution in [0.25, 0.3) is 11.2 Å². The highest BCUT2D eigenvalue weighted by Crippen LogP contribution is 2.23. The first-order chi connectivity index (χ1) is 11.8. The highest BCUT2D eigenvalue weighted by molar-refractivity contribution is 5.87. The van der Waals surface area contributed by atoms with Gasteiger partial charge in [0.15, 0.2) is 11.2 Å². The molecule has 134 valence electrons. The first-order valence-electron chi connectivity index (χ1n) is 8.00. The Morgan fingerprint density at radius 2 is 2.08 bits per heavy atom. The number of aromatic nitrogens is 4. The molecule has 0 bridgehead atoms. The lowest BCUT2D eigenvalue weighted by Gasteiger charge is -2.24. The summed E-state index contributed by atoms with van der Waals surface area (Å²) in [6.07, 6.45) is 0. The Hall–Kier alpha value is -2.68. The van der Waals surface area contributed by atoms with Gasteiger partial charge < -0.3 is 4.74 Å². The largest absolute Gasteiger partial charge is 0.383 e. The quantitative estimate of drug-likeness (QED) is 0.728. The van der Waals surface area contributed by atoms with Gasteiger partial charge in [0.2, 0.25) is 5.95 Å². The summed E-state index contributed by atoms with van der Waals surface area (Å²) in [5.41, 5.74) is 1.57. The fourth-order valence-corrected chi connectivity index (χ4v) is 2.96. The van der Waals surface area contributed by atoms with E-state index in [4.69, 9.17) is 4.74 Å². The first kappa shape index (κ1) is 17.2. The van der Waals surface area contributed by atoms with Crippen LogP contribution in [0, 0.1) is 0 Å². The van der Waals surface area contributed by atoms with Crippen molar-refractivity contribution in [3.05, 3.63) is 33.0 Å². The third-order valence-corrected chi connectivity index (χ3v) is 4.06. The Bertz CT molecular complexity index is 994. The summed E-state index contributed by atoms with van der Waals surface area (Å²) in [6.45, 7) is 9.09. The van der Waals surface area contributed by atoms with Crippen LogP contribution in [-0.2, 0) is 24.9 Å². The zero-order valence-corrected chi connectivity index (χ0v) is 14.9. The minimum absolute atomic E-state index is 0.183. The smallest absolute Gasteiger partial charge is 0.332 e. The van der Waals surface area contributed by atoms with Gasteiger partial charge in [0.1, 0.15) is 0 Å². The maximum atomic E-state index is 13.0. The van der Waals surface area contributed by atoms with E-state index in [1.807, 2.05) is 11.5 Å². The average Bonchev–Trinajstić information content (AvgIpc) is 2.94. The molecule has 3 heterocycles. The van der Waals surface area contributed by atoms with E-state index in [0.717, 1.165) is 11.3 Å². The summed E-state index contributed by atoms with van der Waals surface area (Å²) in [6, 6.07) is 0. The topological polar surface area (TPSA) is 86.7 Å². The molecule has 9 heteroatoms. The summed E-state index contributed by atoms with van der Waals surface area (Å²) in [5.74, 6) is 0.540. The summed E-state index contributed by atoms with van der Waals surface area (Å²) >= 11 is 0. The van der Waals surface area contributed by atoms with Crippen molar-refractivity contribution < 1.29 is 4.74 Å². The number of anilines is 1. The standard InChI is InChI=1S/C16H22N6O3/c1-10(2)8-21-14(23)12-13(19(4)16(21)24)17-15-20(12)9-11(3)18-22(15)6-7-25-5/h1,6-9H2,2-5H3. The van der Waals surface area contributed by atoms with Crippen LogP contribution < -0.4 is 16.3 Å². The van der Waals surface area contributed by atoms with Crippen molar-refractivity contribution in [3.8, 4) is 0 Å². The van der Waals surface area contributed by atoms with Crippen molar-refractivity contribution >= 4 is 22.8 Å². The van der Waals surface area contributed by atoms with Crippen LogP contribution in [0.1, 0.15) is 13.8 Å².